The number of aryl methyl sites for hydroxylation is 2. The van der Waals surface area contributed by atoms with E-state index < -0.39 is 6.10 Å². The van der Waals surface area contributed by atoms with Gasteiger partial charge in [0, 0.05) is 12.6 Å². The van der Waals surface area contributed by atoms with Crippen LogP contribution >= 0.6 is 0 Å². The van der Waals surface area contributed by atoms with Crippen molar-refractivity contribution in [3.8, 4) is 5.75 Å². The van der Waals surface area contributed by atoms with Crippen molar-refractivity contribution in [2.45, 2.75) is 39.3 Å². The maximum atomic E-state index is 9.87. The van der Waals surface area contributed by atoms with Crippen LogP contribution in [0.5, 0.6) is 5.75 Å². The molecule has 100 valence electrons. The van der Waals surface area contributed by atoms with E-state index in [1.54, 1.807) is 0 Å². The van der Waals surface area contributed by atoms with Gasteiger partial charge in [0.1, 0.15) is 18.5 Å². The first-order valence-corrected chi connectivity index (χ1v) is 6.68. The Bertz CT molecular complexity index is 385. The summed E-state index contributed by atoms with van der Waals surface area (Å²) in [6.45, 7) is 7.23. The van der Waals surface area contributed by atoms with Crippen molar-refractivity contribution >= 4 is 0 Å². The van der Waals surface area contributed by atoms with E-state index in [1.165, 1.54) is 6.42 Å². The average molecular weight is 249 g/mol. The van der Waals surface area contributed by atoms with Gasteiger partial charge in [-0.2, -0.15) is 0 Å². The number of hydrogen-bond donors (Lipinski definition) is 2. The molecule has 1 aromatic rings. The lowest BCUT2D eigenvalue weighted by atomic mass is 10.1. The molecule has 3 nitrogen and oxygen atoms in total. The molecule has 1 aliphatic rings. The molecule has 0 spiro atoms. The van der Waals surface area contributed by atoms with E-state index in [0.717, 1.165) is 22.8 Å². The molecule has 1 fully saturated rings. The van der Waals surface area contributed by atoms with Gasteiger partial charge in [0.15, 0.2) is 0 Å². The van der Waals surface area contributed by atoms with E-state index in [4.69, 9.17) is 4.74 Å². The summed E-state index contributed by atoms with van der Waals surface area (Å²) in [7, 11) is 0. The van der Waals surface area contributed by atoms with E-state index in [-0.39, 0.29) is 0 Å². The van der Waals surface area contributed by atoms with E-state index in [0.29, 0.717) is 19.2 Å². The molecule has 0 aliphatic heterocycles. The molecule has 0 bridgehead atoms. The van der Waals surface area contributed by atoms with Crippen LogP contribution in [0.3, 0.4) is 0 Å². The molecule has 1 aliphatic carbocycles. The van der Waals surface area contributed by atoms with Crippen LogP contribution in [0.4, 0.5) is 0 Å². The van der Waals surface area contributed by atoms with Crippen LogP contribution in [0.1, 0.15) is 24.5 Å². The Kier molecular flexibility index (Phi) is 4.25. The summed E-state index contributed by atoms with van der Waals surface area (Å²) in [5.41, 5.74) is 2.23. The van der Waals surface area contributed by atoms with Crippen molar-refractivity contribution in [2.75, 3.05) is 13.2 Å². The van der Waals surface area contributed by atoms with Crippen molar-refractivity contribution in [3.63, 3.8) is 0 Å². The largest absolute Gasteiger partial charge is 0.490 e. The highest BCUT2D eigenvalue weighted by Gasteiger charge is 2.32. The predicted octanol–water partition coefficient (Wildman–Crippen LogP) is 2.04. The first-order valence-electron chi connectivity index (χ1n) is 6.68. The second-order valence-corrected chi connectivity index (χ2v) is 5.41. The highest BCUT2D eigenvalue weighted by Crippen LogP contribution is 2.28. The summed E-state index contributed by atoms with van der Waals surface area (Å²) in [6, 6.07) is 6.67. The Labute approximate surface area is 109 Å². The molecule has 0 amide bonds. The molecular weight excluding hydrogens is 226 g/mol. The third kappa shape index (κ3) is 3.47. The summed E-state index contributed by atoms with van der Waals surface area (Å²) >= 11 is 0. The minimum Gasteiger partial charge on any atom is -0.490 e. The maximum Gasteiger partial charge on any atom is 0.125 e. The average Bonchev–Trinajstić information content (AvgIpc) is 3.02. The number of aliphatic hydroxyl groups is 1. The lowest BCUT2D eigenvalue weighted by molar-refractivity contribution is 0.105. The number of hydrogen-bond acceptors (Lipinski definition) is 3. The molecule has 18 heavy (non-hydrogen) atoms. The van der Waals surface area contributed by atoms with Crippen molar-refractivity contribution in [1.82, 2.24) is 5.32 Å². The van der Waals surface area contributed by atoms with Gasteiger partial charge in [-0.25, -0.2) is 0 Å². The second kappa shape index (κ2) is 5.72. The molecular formula is C15H23NO2. The second-order valence-electron chi connectivity index (χ2n) is 5.41. The van der Waals surface area contributed by atoms with Crippen molar-refractivity contribution in [2.24, 2.45) is 5.92 Å². The molecule has 3 heteroatoms. The monoisotopic (exact) mass is 249 g/mol. The van der Waals surface area contributed by atoms with Crippen LogP contribution in [0, 0.1) is 19.8 Å². The minimum absolute atomic E-state index is 0.347. The van der Waals surface area contributed by atoms with E-state index in [1.807, 2.05) is 32.0 Å². The summed E-state index contributed by atoms with van der Waals surface area (Å²) in [6.07, 6.45) is 0.779. The molecule has 1 aromatic carbocycles. The number of para-hydroxylation sites is 1. The zero-order valence-electron chi connectivity index (χ0n) is 11.4. The maximum absolute atomic E-state index is 9.87. The summed E-state index contributed by atoms with van der Waals surface area (Å²) < 4.78 is 5.72. The quantitative estimate of drug-likeness (QED) is 0.810. The molecule has 1 saturated carbocycles. The summed E-state index contributed by atoms with van der Waals surface area (Å²) in [5.74, 6) is 1.66. The van der Waals surface area contributed by atoms with E-state index in [2.05, 4.69) is 12.2 Å². The smallest absolute Gasteiger partial charge is 0.125 e. The first kappa shape index (κ1) is 13.4. The van der Waals surface area contributed by atoms with Crippen LogP contribution in [0.2, 0.25) is 0 Å². The van der Waals surface area contributed by atoms with Gasteiger partial charge in [0.2, 0.25) is 0 Å². The minimum atomic E-state index is -0.447. The number of aliphatic hydroxyl groups excluding tert-OH is 1. The standard InChI is InChI=1S/C15H23NO2/c1-10-5-4-6-11(2)15(10)18-9-13(17)8-16-14-7-12(14)3/h4-6,12-14,16-17H,7-9H2,1-3H3. The Morgan fingerprint density at radius 1 is 1.39 bits per heavy atom. The van der Waals surface area contributed by atoms with Gasteiger partial charge >= 0.3 is 0 Å². The Morgan fingerprint density at radius 3 is 2.56 bits per heavy atom. The molecule has 0 saturated heterocycles. The van der Waals surface area contributed by atoms with Gasteiger partial charge in [0.25, 0.3) is 0 Å². The van der Waals surface area contributed by atoms with Gasteiger partial charge in [-0.1, -0.05) is 25.1 Å². The fourth-order valence-electron chi connectivity index (χ4n) is 2.16. The van der Waals surface area contributed by atoms with Crippen molar-refractivity contribution < 1.29 is 9.84 Å². The molecule has 0 radical (unpaired) electrons. The van der Waals surface area contributed by atoms with Gasteiger partial charge < -0.3 is 15.2 Å². The molecule has 3 atom stereocenters. The lowest BCUT2D eigenvalue weighted by Crippen LogP contribution is -2.33. The lowest BCUT2D eigenvalue weighted by Gasteiger charge is -2.16. The number of rotatable bonds is 6. The third-order valence-corrected chi connectivity index (χ3v) is 3.55. The predicted molar refractivity (Wildman–Crippen MR) is 73.0 cm³/mol. The highest BCUT2D eigenvalue weighted by molar-refractivity contribution is 5.39. The van der Waals surface area contributed by atoms with Gasteiger partial charge in [-0.05, 0) is 37.3 Å². The first-order chi connectivity index (χ1) is 8.58. The zero-order chi connectivity index (χ0) is 13.1. The summed E-state index contributed by atoms with van der Waals surface area (Å²) in [4.78, 5) is 0. The van der Waals surface area contributed by atoms with Gasteiger partial charge in [-0.3, -0.25) is 0 Å². The number of nitrogens with one attached hydrogen (secondary N) is 1. The Balaban J connectivity index is 1.76. The van der Waals surface area contributed by atoms with Gasteiger partial charge in [-0.15, -0.1) is 0 Å². The Morgan fingerprint density at radius 2 is 2.00 bits per heavy atom. The number of ether oxygens (including phenoxy) is 1. The SMILES string of the molecule is Cc1cccc(C)c1OCC(O)CNC1CC1C. The number of benzene rings is 1. The van der Waals surface area contributed by atoms with Crippen molar-refractivity contribution in [3.05, 3.63) is 29.3 Å². The summed E-state index contributed by atoms with van der Waals surface area (Å²) in [5, 5.41) is 13.2. The fourth-order valence-corrected chi connectivity index (χ4v) is 2.16. The van der Waals surface area contributed by atoms with E-state index in [9.17, 15) is 5.11 Å². The molecule has 2 N–H and O–H groups in total. The van der Waals surface area contributed by atoms with Crippen LogP contribution < -0.4 is 10.1 Å². The molecule has 3 unspecified atom stereocenters. The highest BCUT2D eigenvalue weighted by atomic mass is 16.5. The van der Waals surface area contributed by atoms with Crippen LogP contribution in [0.15, 0.2) is 18.2 Å². The Hall–Kier alpha value is -1.06. The van der Waals surface area contributed by atoms with Crippen LogP contribution in [0.25, 0.3) is 0 Å². The zero-order valence-corrected chi connectivity index (χ0v) is 11.4. The van der Waals surface area contributed by atoms with Gasteiger partial charge in [0.05, 0.1) is 0 Å². The van der Waals surface area contributed by atoms with Crippen molar-refractivity contribution in [1.29, 1.82) is 0 Å². The fraction of sp³-hybridized carbons (Fsp3) is 0.600. The third-order valence-electron chi connectivity index (χ3n) is 3.55. The molecule has 0 aromatic heterocycles. The molecule has 0 heterocycles. The van der Waals surface area contributed by atoms with Crippen LogP contribution in [-0.2, 0) is 0 Å². The van der Waals surface area contributed by atoms with Crippen LogP contribution in [-0.4, -0.2) is 30.4 Å². The van der Waals surface area contributed by atoms with E-state index >= 15 is 0 Å². The topological polar surface area (TPSA) is 41.5 Å². The molecule has 2 rings (SSSR count). The normalized spacial score (nSPS) is 23.8.